The quantitative estimate of drug-likeness (QED) is 0.834. The molecule has 0 N–H and O–H groups in total. The van der Waals surface area contributed by atoms with Gasteiger partial charge in [-0.1, -0.05) is 6.07 Å². The van der Waals surface area contributed by atoms with Gasteiger partial charge in [0.2, 0.25) is 0 Å². The molecule has 0 aliphatic carbocycles. The van der Waals surface area contributed by atoms with Gasteiger partial charge in [0.05, 0.1) is 18.2 Å². The van der Waals surface area contributed by atoms with Gasteiger partial charge < -0.3 is 14.5 Å². The van der Waals surface area contributed by atoms with E-state index in [1.54, 1.807) is 24.4 Å². The van der Waals surface area contributed by atoms with Crippen molar-refractivity contribution in [3.63, 3.8) is 0 Å². The Bertz CT molecular complexity index is 789. The average molecular weight is 369 g/mol. The van der Waals surface area contributed by atoms with E-state index >= 15 is 0 Å². The topological polar surface area (TPSA) is 45.7 Å². The lowest BCUT2D eigenvalue weighted by Crippen LogP contribution is -2.47. The SMILES string of the molecule is CN(c1ccc(F)cc1)[C@@H]1COC2(CCN(C(=O)c3ccccn3)CC2)C1. The highest BCUT2D eigenvalue weighted by molar-refractivity contribution is 5.92. The Morgan fingerprint density at radius 3 is 2.63 bits per heavy atom. The van der Waals surface area contributed by atoms with Gasteiger partial charge in [0.1, 0.15) is 11.5 Å². The zero-order chi connectivity index (χ0) is 18.9. The fourth-order valence-electron chi connectivity index (χ4n) is 4.07. The fourth-order valence-corrected chi connectivity index (χ4v) is 4.07. The van der Waals surface area contributed by atoms with Gasteiger partial charge in [-0.05, 0) is 55.7 Å². The molecule has 3 heterocycles. The molecule has 1 amide bonds. The highest BCUT2D eigenvalue weighted by Crippen LogP contribution is 2.38. The smallest absolute Gasteiger partial charge is 0.272 e. The number of pyridine rings is 1. The molecule has 1 aromatic carbocycles. The molecule has 1 atom stereocenters. The van der Waals surface area contributed by atoms with Gasteiger partial charge in [-0.2, -0.15) is 0 Å². The number of carbonyl (C=O) groups excluding carboxylic acids is 1. The molecule has 0 radical (unpaired) electrons. The molecular formula is C21H24FN3O2. The van der Waals surface area contributed by atoms with Crippen molar-refractivity contribution in [1.29, 1.82) is 0 Å². The van der Waals surface area contributed by atoms with Crippen molar-refractivity contribution in [2.24, 2.45) is 0 Å². The van der Waals surface area contributed by atoms with E-state index in [9.17, 15) is 9.18 Å². The van der Waals surface area contributed by atoms with E-state index in [4.69, 9.17) is 4.74 Å². The molecule has 0 saturated carbocycles. The number of hydrogen-bond acceptors (Lipinski definition) is 4. The number of piperidine rings is 1. The predicted octanol–water partition coefficient (Wildman–Crippen LogP) is 3.12. The lowest BCUT2D eigenvalue weighted by molar-refractivity contribution is -0.0389. The van der Waals surface area contributed by atoms with Crippen LogP contribution in [0.3, 0.4) is 0 Å². The van der Waals surface area contributed by atoms with Gasteiger partial charge in [-0.3, -0.25) is 9.78 Å². The lowest BCUT2D eigenvalue weighted by atomic mass is 9.87. The van der Waals surface area contributed by atoms with Crippen molar-refractivity contribution in [1.82, 2.24) is 9.88 Å². The van der Waals surface area contributed by atoms with E-state index in [-0.39, 0.29) is 23.4 Å². The van der Waals surface area contributed by atoms with E-state index in [1.807, 2.05) is 24.1 Å². The second-order valence-corrected chi connectivity index (χ2v) is 7.45. The van der Waals surface area contributed by atoms with E-state index in [0.717, 1.165) is 24.9 Å². The summed E-state index contributed by atoms with van der Waals surface area (Å²) in [6.07, 6.45) is 4.24. The number of likely N-dealkylation sites (N-methyl/N-ethyl adjacent to an activating group) is 1. The molecule has 2 aromatic rings. The first-order chi connectivity index (χ1) is 13.1. The molecule has 2 aliphatic heterocycles. The summed E-state index contributed by atoms with van der Waals surface area (Å²) in [6, 6.07) is 12.2. The number of likely N-dealkylation sites (tertiary alicyclic amines) is 1. The number of benzene rings is 1. The van der Waals surface area contributed by atoms with Crippen LogP contribution in [0, 0.1) is 5.82 Å². The highest BCUT2D eigenvalue weighted by Gasteiger charge is 2.44. The Labute approximate surface area is 158 Å². The fraction of sp³-hybridized carbons (Fsp3) is 0.429. The molecule has 27 heavy (non-hydrogen) atoms. The number of amides is 1. The Morgan fingerprint density at radius 1 is 1.22 bits per heavy atom. The van der Waals surface area contributed by atoms with E-state index < -0.39 is 0 Å². The monoisotopic (exact) mass is 369 g/mol. The molecule has 0 bridgehead atoms. The number of hydrogen-bond donors (Lipinski definition) is 0. The minimum absolute atomic E-state index is 0.0107. The van der Waals surface area contributed by atoms with Crippen molar-refractivity contribution in [2.45, 2.75) is 30.9 Å². The van der Waals surface area contributed by atoms with Crippen LogP contribution in [0.5, 0.6) is 0 Å². The minimum atomic E-state index is -0.226. The first-order valence-electron chi connectivity index (χ1n) is 9.39. The molecule has 2 saturated heterocycles. The zero-order valence-electron chi connectivity index (χ0n) is 15.5. The summed E-state index contributed by atoms with van der Waals surface area (Å²) in [5.41, 5.74) is 1.32. The number of anilines is 1. The maximum Gasteiger partial charge on any atom is 0.272 e. The summed E-state index contributed by atoms with van der Waals surface area (Å²) < 4.78 is 19.4. The van der Waals surface area contributed by atoms with Gasteiger partial charge in [-0.25, -0.2) is 4.39 Å². The van der Waals surface area contributed by atoms with Crippen molar-refractivity contribution in [3.8, 4) is 0 Å². The first-order valence-corrected chi connectivity index (χ1v) is 9.39. The Morgan fingerprint density at radius 2 is 1.96 bits per heavy atom. The summed E-state index contributed by atoms with van der Waals surface area (Å²) in [7, 11) is 2.03. The maximum absolute atomic E-state index is 13.2. The molecule has 2 fully saturated rings. The van der Waals surface area contributed by atoms with Crippen molar-refractivity contribution in [3.05, 3.63) is 60.2 Å². The van der Waals surface area contributed by atoms with E-state index in [1.165, 1.54) is 12.1 Å². The van der Waals surface area contributed by atoms with Crippen LogP contribution in [-0.2, 0) is 4.74 Å². The summed E-state index contributed by atoms with van der Waals surface area (Å²) in [5, 5.41) is 0. The summed E-state index contributed by atoms with van der Waals surface area (Å²) in [5.74, 6) is -0.236. The zero-order valence-corrected chi connectivity index (χ0v) is 15.5. The summed E-state index contributed by atoms with van der Waals surface area (Å²) >= 11 is 0. The van der Waals surface area contributed by atoms with Gasteiger partial charge in [0, 0.05) is 32.0 Å². The molecule has 142 valence electrons. The predicted molar refractivity (Wildman–Crippen MR) is 101 cm³/mol. The standard InChI is InChI=1S/C21H24FN3O2/c1-24(17-7-5-16(22)6-8-17)18-14-21(27-15-18)9-12-25(13-10-21)20(26)19-4-2-3-11-23-19/h2-8,11,18H,9-10,12-15H2,1H3/t18-/m0/s1. The highest BCUT2D eigenvalue weighted by atomic mass is 19.1. The normalized spacial score (nSPS) is 21.4. The molecule has 1 spiro atoms. The number of rotatable bonds is 3. The molecule has 2 aliphatic rings. The second-order valence-electron chi connectivity index (χ2n) is 7.45. The molecule has 4 rings (SSSR count). The van der Waals surface area contributed by atoms with Crippen LogP contribution in [0.25, 0.3) is 0 Å². The van der Waals surface area contributed by atoms with E-state index in [2.05, 4.69) is 9.88 Å². The molecular weight excluding hydrogens is 345 g/mol. The third-order valence-corrected chi connectivity index (χ3v) is 5.82. The van der Waals surface area contributed by atoms with Crippen LogP contribution in [0.1, 0.15) is 29.8 Å². The largest absolute Gasteiger partial charge is 0.373 e. The molecule has 0 unspecified atom stereocenters. The van der Waals surface area contributed by atoms with Crippen LogP contribution in [0.4, 0.5) is 10.1 Å². The molecule has 1 aromatic heterocycles. The van der Waals surface area contributed by atoms with Gasteiger partial charge in [0.15, 0.2) is 0 Å². The lowest BCUT2D eigenvalue weighted by Gasteiger charge is -2.39. The number of aromatic nitrogens is 1. The Hall–Kier alpha value is -2.47. The second kappa shape index (κ2) is 7.27. The number of nitrogens with zero attached hydrogens (tertiary/aromatic N) is 3. The van der Waals surface area contributed by atoms with Crippen molar-refractivity contribution >= 4 is 11.6 Å². The first kappa shape index (κ1) is 17.9. The Kier molecular flexibility index (Phi) is 4.83. The van der Waals surface area contributed by atoms with Crippen LogP contribution in [0.2, 0.25) is 0 Å². The number of carbonyl (C=O) groups is 1. The third kappa shape index (κ3) is 3.67. The van der Waals surface area contributed by atoms with E-state index in [0.29, 0.717) is 25.4 Å². The Balaban J connectivity index is 1.36. The third-order valence-electron chi connectivity index (χ3n) is 5.82. The average Bonchev–Trinajstić information content (AvgIpc) is 3.12. The molecule has 5 nitrogen and oxygen atoms in total. The van der Waals surface area contributed by atoms with Gasteiger partial charge >= 0.3 is 0 Å². The number of ether oxygens (including phenoxy) is 1. The van der Waals surface area contributed by atoms with Gasteiger partial charge in [-0.15, -0.1) is 0 Å². The van der Waals surface area contributed by atoms with Crippen LogP contribution in [0.15, 0.2) is 48.7 Å². The van der Waals surface area contributed by atoms with Gasteiger partial charge in [0.25, 0.3) is 5.91 Å². The summed E-state index contributed by atoms with van der Waals surface area (Å²) in [6.45, 7) is 2.02. The number of halogens is 1. The van der Waals surface area contributed by atoms with Crippen molar-refractivity contribution in [2.75, 3.05) is 31.6 Å². The van der Waals surface area contributed by atoms with Crippen LogP contribution >= 0.6 is 0 Å². The van der Waals surface area contributed by atoms with Crippen LogP contribution < -0.4 is 4.90 Å². The van der Waals surface area contributed by atoms with Crippen LogP contribution in [-0.4, -0.2) is 54.2 Å². The van der Waals surface area contributed by atoms with Crippen molar-refractivity contribution < 1.29 is 13.9 Å². The minimum Gasteiger partial charge on any atom is -0.373 e. The summed E-state index contributed by atoms with van der Waals surface area (Å²) in [4.78, 5) is 20.8. The maximum atomic E-state index is 13.2. The molecule has 6 heteroatoms.